The number of halogens is 3. The van der Waals surface area contributed by atoms with Crippen LogP contribution in [0, 0.1) is 0 Å². The third-order valence-electron chi connectivity index (χ3n) is 3.83. The number of anilines is 1. The van der Waals surface area contributed by atoms with Crippen molar-refractivity contribution in [3.05, 3.63) is 5.01 Å². The van der Waals surface area contributed by atoms with Crippen LogP contribution in [0.1, 0.15) is 30.7 Å². The molecule has 0 spiro atoms. The fourth-order valence-corrected chi connectivity index (χ4v) is 3.64. The highest BCUT2D eigenvalue weighted by atomic mass is 32.1. The topological polar surface area (TPSA) is 41.1 Å². The van der Waals surface area contributed by atoms with Gasteiger partial charge in [0.2, 0.25) is 10.1 Å². The molecule has 3 heterocycles. The lowest BCUT2D eigenvalue weighted by atomic mass is 9.99. The zero-order valence-electron chi connectivity index (χ0n) is 10.3. The van der Waals surface area contributed by atoms with Gasteiger partial charge in [0.1, 0.15) is 0 Å². The molecule has 106 valence electrons. The van der Waals surface area contributed by atoms with Gasteiger partial charge in [0, 0.05) is 18.6 Å². The lowest BCUT2D eigenvalue weighted by molar-refractivity contribution is -0.138. The van der Waals surface area contributed by atoms with E-state index in [0.29, 0.717) is 17.4 Å². The van der Waals surface area contributed by atoms with Crippen molar-refractivity contribution in [2.75, 3.05) is 18.4 Å². The Morgan fingerprint density at radius 3 is 2.74 bits per heavy atom. The molecule has 0 amide bonds. The molecule has 2 unspecified atom stereocenters. The van der Waals surface area contributed by atoms with Gasteiger partial charge in [-0.15, -0.1) is 10.2 Å². The van der Waals surface area contributed by atoms with Crippen molar-refractivity contribution in [3.8, 4) is 0 Å². The van der Waals surface area contributed by atoms with Crippen molar-refractivity contribution < 1.29 is 13.2 Å². The van der Waals surface area contributed by atoms with Crippen molar-refractivity contribution >= 4 is 16.5 Å². The summed E-state index contributed by atoms with van der Waals surface area (Å²) in [6.07, 6.45) is 0.0991. The summed E-state index contributed by atoms with van der Waals surface area (Å²) in [4.78, 5) is 2.42. The lowest BCUT2D eigenvalue weighted by Gasteiger charge is -2.32. The number of nitrogens with zero attached hydrogens (tertiary/aromatic N) is 3. The molecule has 1 aromatic heterocycles. The second kappa shape index (κ2) is 4.90. The summed E-state index contributed by atoms with van der Waals surface area (Å²) in [6, 6.07) is 0.640. The van der Waals surface area contributed by atoms with E-state index >= 15 is 0 Å². The Kier molecular flexibility index (Phi) is 3.38. The molecule has 2 saturated heterocycles. The minimum atomic E-state index is -4.40. The number of aromatic nitrogens is 2. The highest BCUT2D eigenvalue weighted by molar-refractivity contribution is 7.15. The highest BCUT2D eigenvalue weighted by Crippen LogP contribution is 2.35. The molecule has 0 bridgehead atoms. The molecule has 0 aliphatic carbocycles. The minimum Gasteiger partial charge on any atom is -0.356 e. The smallest absolute Gasteiger partial charge is 0.356 e. The molecule has 8 heteroatoms. The lowest BCUT2D eigenvalue weighted by Crippen LogP contribution is -2.41. The molecule has 2 aliphatic heterocycles. The third-order valence-corrected chi connectivity index (χ3v) is 4.73. The summed E-state index contributed by atoms with van der Waals surface area (Å²) in [5, 5.41) is 9.34. The Labute approximate surface area is 113 Å². The summed E-state index contributed by atoms with van der Waals surface area (Å²) in [7, 11) is 0. The fraction of sp³-hybridized carbons (Fsp3) is 0.818. The van der Waals surface area contributed by atoms with Gasteiger partial charge in [-0.1, -0.05) is 17.8 Å². The summed E-state index contributed by atoms with van der Waals surface area (Å²) in [5.74, 6) is 0. The van der Waals surface area contributed by atoms with E-state index in [0.717, 1.165) is 25.9 Å². The second-order valence-electron chi connectivity index (χ2n) is 5.05. The van der Waals surface area contributed by atoms with Gasteiger partial charge in [-0.2, -0.15) is 13.2 Å². The highest BCUT2D eigenvalue weighted by Gasteiger charge is 2.38. The predicted octanol–water partition coefficient (Wildman–Crippen LogP) is 2.60. The number of piperidine rings is 1. The zero-order valence-corrected chi connectivity index (χ0v) is 11.1. The molecule has 0 saturated carbocycles. The molecule has 2 fully saturated rings. The second-order valence-corrected chi connectivity index (χ2v) is 6.03. The van der Waals surface area contributed by atoms with Gasteiger partial charge in [-0.25, -0.2) is 0 Å². The first-order valence-electron chi connectivity index (χ1n) is 6.45. The number of fused-ring (bicyclic) bond motifs is 1. The quantitative estimate of drug-likeness (QED) is 0.909. The van der Waals surface area contributed by atoms with Crippen LogP contribution >= 0.6 is 11.3 Å². The summed E-state index contributed by atoms with van der Waals surface area (Å²) < 4.78 is 37.4. The average molecular weight is 292 g/mol. The van der Waals surface area contributed by atoms with E-state index in [1.807, 2.05) is 0 Å². The molecule has 1 aromatic rings. The SMILES string of the molecule is FC(F)(F)c1nnc(NC2CCN3CCCCC23)s1. The van der Waals surface area contributed by atoms with Gasteiger partial charge < -0.3 is 5.32 Å². The van der Waals surface area contributed by atoms with E-state index in [1.165, 1.54) is 12.8 Å². The predicted molar refractivity (Wildman–Crippen MR) is 66.2 cm³/mol. The standard InChI is InChI=1S/C11H15F3N4S/c12-11(13,14)9-16-17-10(19-9)15-7-4-6-18-5-2-1-3-8(7)18/h7-8H,1-6H2,(H,15,17). The molecular formula is C11H15F3N4S. The van der Waals surface area contributed by atoms with Gasteiger partial charge in [-0.3, -0.25) is 4.90 Å². The minimum absolute atomic E-state index is 0.203. The molecular weight excluding hydrogens is 277 g/mol. The molecule has 2 aliphatic rings. The van der Waals surface area contributed by atoms with Crippen LogP contribution in [0.4, 0.5) is 18.3 Å². The maximum absolute atomic E-state index is 12.5. The van der Waals surface area contributed by atoms with Crippen molar-refractivity contribution in [1.82, 2.24) is 15.1 Å². The van der Waals surface area contributed by atoms with E-state index in [9.17, 15) is 13.2 Å². The van der Waals surface area contributed by atoms with Gasteiger partial charge in [0.25, 0.3) is 0 Å². The van der Waals surface area contributed by atoms with Gasteiger partial charge in [0.05, 0.1) is 0 Å². The maximum Gasteiger partial charge on any atom is 0.445 e. The number of nitrogens with one attached hydrogen (secondary N) is 1. The van der Waals surface area contributed by atoms with E-state index < -0.39 is 11.2 Å². The monoisotopic (exact) mass is 292 g/mol. The molecule has 4 nitrogen and oxygen atoms in total. The largest absolute Gasteiger partial charge is 0.445 e. The molecule has 0 radical (unpaired) electrons. The molecule has 1 N–H and O–H groups in total. The Hall–Kier alpha value is -0.890. The van der Waals surface area contributed by atoms with Crippen LogP contribution in [0.15, 0.2) is 0 Å². The summed E-state index contributed by atoms with van der Waals surface area (Å²) in [6.45, 7) is 2.13. The molecule has 0 aromatic carbocycles. The van der Waals surface area contributed by atoms with Crippen LogP contribution in [0.25, 0.3) is 0 Å². The van der Waals surface area contributed by atoms with Crippen molar-refractivity contribution in [1.29, 1.82) is 0 Å². The molecule has 19 heavy (non-hydrogen) atoms. The van der Waals surface area contributed by atoms with Crippen LogP contribution in [-0.4, -0.2) is 40.3 Å². The van der Waals surface area contributed by atoms with Crippen LogP contribution < -0.4 is 5.32 Å². The van der Waals surface area contributed by atoms with E-state index in [4.69, 9.17) is 0 Å². The van der Waals surface area contributed by atoms with E-state index in [2.05, 4.69) is 20.4 Å². The first-order valence-corrected chi connectivity index (χ1v) is 7.27. The Morgan fingerprint density at radius 2 is 2.00 bits per heavy atom. The Morgan fingerprint density at radius 1 is 1.16 bits per heavy atom. The maximum atomic E-state index is 12.5. The normalized spacial score (nSPS) is 28.4. The van der Waals surface area contributed by atoms with Gasteiger partial charge in [0.15, 0.2) is 0 Å². The number of rotatable bonds is 2. The first kappa shape index (κ1) is 13.1. The van der Waals surface area contributed by atoms with Crippen LogP contribution in [0.5, 0.6) is 0 Å². The number of hydrogen-bond acceptors (Lipinski definition) is 5. The zero-order chi connectivity index (χ0) is 13.5. The third kappa shape index (κ3) is 2.69. The number of hydrogen-bond donors (Lipinski definition) is 1. The van der Waals surface area contributed by atoms with Gasteiger partial charge >= 0.3 is 6.18 Å². The fourth-order valence-electron chi connectivity index (χ4n) is 2.97. The summed E-state index contributed by atoms with van der Waals surface area (Å²) in [5.41, 5.74) is 0. The Balaban J connectivity index is 1.67. The number of alkyl halides is 3. The first-order chi connectivity index (χ1) is 9.04. The van der Waals surface area contributed by atoms with E-state index in [1.54, 1.807) is 0 Å². The Bertz CT molecular complexity index is 447. The van der Waals surface area contributed by atoms with Crippen LogP contribution in [-0.2, 0) is 6.18 Å². The van der Waals surface area contributed by atoms with Crippen LogP contribution in [0.3, 0.4) is 0 Å². The van der Waals surface area contributed by atoms with Crippen molar-refractivity contribution in [2.24, 2.45) is 0 Å². The van der Waals surface area contributed by atoms with Crippen molar-refractivity contribution in [2.45, 2.75) is 43.9 Å². The average Bonchev–Trinajstić information content (AvgIpc) is 2.97. The summed E-state index contributed by atoms with van der Waals surface area (Å²) >= 11 is 0.589. The molecule has 3 rings (SSSR count). The van der Waals surface area contributed by atoms with E-state index in [-0.39, 0.29) is 11.2 Å². The van der Waals surface area contributed by atoms with Crippen LogP contribution in [0.2, 0.25) is 0 Å². The van der Waals surface area contributed by atoms with Crippen molar-refractivity contribution in [3.63, 3.8) is 0 Å². The van der Waals surface area contributed by atoms with Gasteiger partial charge in [-0.05, 0) is 25.8 Å². The molecule has 2 atom stereocenters.